The highest BCUT2D eigenvalue weighted by Gasteiger charge is 2.06. The summed E-state index contributed by atoms with van der Waals surface area (Å²) >= 11 is 2.80. The highest BCUT2D eigenvalue weighted by atomic mass is 32.2. The maximum absolute atomic E-state index is 11.0. The van der Waals surface area contributed by atoms with Crippen molar-refractivity contribution in [2.75, 3.05) is 24.7 Å². The number of carbonyl (C=O) groups excluding carboxylic acids is 1. The number of nitrogens with one attached hydrogen (secondary N) is 2. The van der Waals surface area contributed by atoms with Gasteiger partial charge in [-0.3, -0.25) is 4.79 Å². The Morgan fingerprint density at radius 2 is 2.47 bits per heavy atom. The van der Waals surface area contributed by atoms with Crippen LogP contribution in [-0.4, -0.2) is 35.4 Å². The Morgan fingerprint density at radius 1 is 1.67 bits per heavy atom. The maximum atomic E-state index is 11.0. The van der Waals surface area contributed by atoms with Crippen molar-refractivity contribution in [2.45, 2.75) is 4.34 Å². The highest BCUT2D eigenvalue weighted by molar-refractivity contribution is 8.01. The summed E-state index contributed by atoms with van der Waals surface area (Å²) in [6.45, 7) is 4.25. The average Bonchev–Trinajstić information content (AvgIpc) is 2.71. The van der Waals surface area contributed by atoms with Crippen LogP contribution < -0.4 is 10.6 Å². The molecule has 0 aliphatic carbocycles. The third kappa shape index (κ3) is 4.30. The Bertz CT molecular complexity index is 339. The number of hydrogen-bond donors (Lipinski definition) is 2. The largest absolute Gasteiger partial charge is 0.358 e. The van der Waals surface area contributed by atoms with Gasteiger partial charge in [-0.05, 0) is 0 Å². The second kappa shape index (κ2) is 6.41. The summed E-state index contributed by atoms with van der Waals surface area (Å²) in [5, 5.41) is 14.2. The van der Waals surface area contributed by atoms with E-state index in [4.69, 9.17) is 0 Å². The van der Waals surface area contributed by atoms with E-state index >= 15 is 0 Å². The Labute approximate surface area is 96.4 Å². The van der Waals surface area contributed by atoms with E-state index in [1.54, 1.807) is 13.1 Å². The number of thioether (sulfide) groups is 1. The lowest BCUT2D eigenvalue weighted by Crippen LogP contribution is -2.19. The van der Waals surface area contributed by atoms with Gasteiger partial charge >= 0.3 is 0 Å². The van der Waals surface area contributed by atoms with Crippen LogP contribution >= 0.6 is 23.1 Å². The predicted molar refractivity (Wildman–Crippen MR) is 63.4 cm³/mol. The Balaban J connectivity index is 2.38. The number of nitrogens with zero attached hydrogens (tertiary/aromatic N) is 2. The lowest BCUT2D eigenvalue weighted by molar-refractivity contribution is -0.118. The highest BCUT2D eigenvalue weighted by Crippen LogP contribution is 2.24. The molecule has 0 aliphatic rings. The van der Waals surface area contributed by atoms with Crippen molar-refractivity contribution in [3.63, 3.8) is 0 Å². The molecule has 0 saturated carbocycles. The van der Waals surface area contributed by atoms with Gasteiger partial charge in [0.25, 0.3) is 0 Å². The van der Waals surface area contributed by atoms with E-state index in [0.29, 0.717) is 12.3 Å². The molecule has 1 heterocycles. The summed E-state index contributed by atoms with van der Waals surface area (Å²) in [6, 6.07) is 0. The van der Waals surface area contributed by atoms with Crippen molar-refractivity contribution in [3.05, 3.63) is 12.7 Å². The van der Waals surface area contributed by atoms with Gasteiger partial charge in [0.1, 0.15) is 0 Å². The summed E-state index contributed by atoms with van der Waals surface area (Å²) in [7, 11) is 1.61. The lowest BCUT2D eigenvalue weighted by Gasteiger charge is -1.95. The van der Waals surface area contributed by atoms with Crippen molar-refractivity contribution in [1.82, 2.24) is 15.5 Å². The molecular formula is C8H12N4OS2. The predicted octanol–water partition coefficient (Wildman–Crippen LogP) is 0.974. The Kier molecular flexibility index (Phi) is 5.13. The monoisotopic (exact) mass is 244 g/mol. The van der Waals surface area contributed by atoms with Crippen molar-refractivity contribution >= 4 is 34.1 Å². The molecule has 0 aliphatic heterocycles. The summed E-state index contributed by atoms with van der Waals surface area (Å²) < 4.78 is 0.783. The van der Waals surface area contributed by atoms with Gasteiger partial charge in [0, 0.05) is 13.6 Å². The van der Waals surface area contributed by atoms with Crippen LogP contribution in [0.5, 0.6) is 0 Å². The number of aromatic nitrogens is 2. The molecular weight excluding hydrogens is 232 g/mol. The molecule has 0 bridgehead atoms. The summed E-state index contributed by atoms with van der Waals surface area (Å²) in [5.74, 6) is 0.350. The lowest BCUT2D eigenvalue weighted by atomic mass is 10.6. The molecule has 0 unspecified atom stereocenters. The van der Waals surface area contributed by atoms with E-state index in [1.807, 2.05) is 0 Å². The first kappa shape index (κ1) is 12.0. The molecule has 1 aromatic heterocycles. The number of anilines is 1. The minimum Gasteiger partial charge on any atom is -0.358 e. The zero-order chi connectivity index (χ0) is 11.1. The first-order valence-electron chi connectivity index (χ1n) is 4.28. The SMILES string of the molecule is C=CCNc1nnc(SCC(=O)NC)s1. The third-order valence-electron chi connectivity index (χ3n) is 1.41. The molecule has 0 saturated heterocycles. The van der Waals surface area contributed by atoms with Crippen molar-refractivity contribution < 1.29 is 4.79 Å². The van der Waals surface area contributed by atoms with Crippen LogP contribution in [0.4, 0.5) is 5.13 Å². The van der Waals surface area contributed by atoms with Gasteiger partial charge in [0.2, 0.25) is 11.0 Å². The van der Waals surface area contributed by atoms with Gasteiger partial charge in [0.15, 0.2) is 4.34 Å². The van der Waals surface area contributed by atoms with E-state index in [2.05, 4.69) is 27.4 Å². The molecule has 7 heteroatoms. The Morgan fingerprint density at radius 3 is 3.13 bits per heavy atom. The van der Waals surface area contributed by atoms with Crippen molar-refractivity contribution in [3.8, 4) is 0 Å². The van der Waals surface area contributed by atoms with E-state index in [0.717, 1.165) is 9.47 Å². The number of rotatable bonds is 6. The molecule has 0 spiro atoms. The Hall–Kier alpha value is -1.08. The minimum atomic E-state index is -0.0178. The van der Waals surface area contributed by atoms with Crippen LogP contribution in [0.3, 0.4) is 0 Å². The fraction of sp³-hybridized carbons (Fsp3) is 0.375. The first-order valence-corrected chi connectivity index (χ1v) is 6.08. The third-order valence-corrected chi connectivity index (χ3v) is 3.42. The normalized spacial score (nSPS) is 9.67. The number of amides is 1. The summed E-state index contributed by atoms with van der Waals surface area (Å²) in [4.78, 5) is 11.0. The van der Waals surface area contributed by atoms with Gasteiger partial charge < -0.3 is 10.6 Å². The number of carbonyl (C=O) groups is 1. The van der Waals surface area contributed by atoms with E-state index < -0.39 is 0 Å². The molecule has 0 fully saturated rings. The molecule has 1 amide bonds. The van der Waals surface area contributed by atoms with Crippen LogP contribution in [0.1, 0.15) is 0 Å². The molecule has 0 atom stereocenters. The molecule has 0 aromatic carbocycles. The van der Waals surface area contributed by atoms with Crippen molar-refractivity contribution in [2.24, 2.45) is 0 Å². The smallest absolute Gasteiger partial charge is 0.230 e. The van der Waals surface area contributed by atoms with Crippen LogP contribution in [0.25, 0.3) is 0 Å². The van der Waals surface area contributed by atoms with Gasteiger partial charge in [-0.1, -0.05) is 29.2 Å². The van der Waals surface area contributed by atoms with Crippen LogP contribution in [0.15, 0.2) is 17.0 Å². The first-order chi connectivity index (χ1) is 7.26. The zero-order valence-electron chi connectivity index (χ0n) is 8.32. The molecule has 82 valence electrons. The molecule has 1 aromatic rings. The maximum Gasteiger partial charge on any atom is 0.230 e. The fourth-order valence-corrected chi connectivity index (χ4v) is 2.33. The molecule has 1 rings (SSSR count). The van der Waals surface area contributed by atoms with Gasteiger partial charge in [-0.15, -0.1) is 16.8 Å². The fourth-order valence-electron chi connectivity index (χ4n) is 0.698. The standard InChI is InChI=1S/C8H12N4OS2/c1-3-4-10-7-11-12-8(15-7)14-5-6(13)9-2/h3H,1,4-5H2,2H3,(H,9,13)(H,10,11). The minimum absolute atomic E-state index is 0.0178. The molecule has 5 nitrogen and oxygen atoms in total. The molecule has 15 heavy (non-hydrogen) atoms. The van der Waals surface area contributed by atoms with Crippen molar-refractivity contribution in [1.29, 1.82) is 0 Å². The second-order valence-corrected chi connectivity index (χ2v) is 4.70. The molecule has 2 N–H and O–H groups in total. The quantitative estimate of drug-likeness (QED) is 0.576. The van der Waals surface area contributed by atoms with Gasteiger partial charge in [-0.2, -0.15) is 0 Å². The second-order valence-electron chi connectivity index (χ2n) is 2.50. The van der Waals surface area contributed by atoms with E-state index in [9.17, 15) is 4.79 Å². The number of hydrogen-bond acceptors (Lipinski definition) is 6. The summed E-state index contributed by atoms with van der Waals surface area (Å²) in [6.07, 6.45) is 1.75. The van der Waals surface area contributed by atoms with E-state index in [-0.39, 0.29) is 5.91 Å². The zero-order valence-corrected chi connectivity index (χ0v) is 9.95. The average molecular weight is 244 g/mol. The topological polar surface area (TPSA) is 66.9 Å². The van der Waals surface area contributed by atoms with Gasteiger partial charge in [-0.25, -0.2) is 0 Å². The van der Waals surface area contributed by atoms with E-state index in [1.165, 1.54) is 23.1 Å². The van der Waals surface area contributed by atoms with Crippen LogP contribution in [0.2, 0.25) is 0 Å². The van der Waals surface area contributed by atoms with Gasteiger partial charge in [0.05, 0.1) is 5.75 Å². The molecule has 0 radical (unpaired) electrons. The van der Waals surface area contributed by atoms with Crippen LogP contribution in [0, 0.1) is 0 Å². The summed E-state index contributed by atoms with van der Waals surface area (Å²) in [5.41, 5.74) is 0. The van der Waals surface area contributed by atoms with Crippen LogP contribution in [-0.2, 0) is 4.79 Å².